The predicted octanol–water partition coefficient (Wildman–Crippen LogP) is 5.81. The van der Waals surface area contributed by atoms with Crippen molar-refractivity contribution in [3.8, 4) is 0 Å². The Kier molecular flexibility index (Phi) is 7.80. The van der Waals surface area contributed by atoms with Crippen LogP contribution in [0.5, 0.6) is 0 Å². The molecule has 1 atom stereocenters. The molecule has 0 saturated heterocycles. The summed E-state index contributed by atoms with van der Waals surface area (Å²) >= 11 is 6.35. The lowest BCUT2D eigenvalue weighted by atomic mass is 9.80. The molecule has 178 valence electrons. The summed E-state index contributed by atoms with van der Waals surface area (Å²) in [7, 11) is 0. The number of ether oxygens (including phenoxy) is 1. The molecule has 0 aliphatic rings. The summed E-state index contributed by atoms with van der Waals surface area (Å²) in [5.74, 6) is -1.66. The van der Waals surface area contributed by atoms with E-state index in [9.17, 15) is 14.7 Å². The Hall–Kier alpha value is -3.15. The molecule has 0 aliphatic carbocycles. The van der Waals surface area contributed by atoms with E-state index in [1.807, 2.05) is 63.2 Å². The molecule has 0 saturated carbocycles. The second-order valence-electron chi connectivity index (χ2n) is 9.38. The number of primary amides is 1. The molecule has 6 heteroatoms. The number of hydrogen-bond acceptors (Lipinski definition) is 4. The molecule has 0 radical (unpaired) electrons. The largest absolute Gasteiger partial charge is 0.462 e. The first kappa shape index (κ1) is 25.5. The first-order chi connectivity index (χ1) is 16.0. The van der Waals surface area contributed by atoms with Crippen LogP contribution in [0.25, 0.3) is 16.3 Å². The highest BCUT2D eigenvalue weighted by Gasteiger charge is 2.29. The first-order valence-corrected chi connectivity index (χ1v) is 11.6. The molecule has 3 aromatic carbocycles. The summed E-state index contributed by atoms with van der Waals surface area (Å²) in [6.45, 7) is 7.75. The number of carbonyl (C=O) groups is 2. The zero-order valence-corrected chi connectivity index (χ0v) is 20.6. The van der Waals surface area contributed by atoms with Gasteiger partial charge in [-0.15, -0.1) is 0 Å². The minimum absolute atomic E-state index is 0.102. The maximum absolute atomic E-state index is 12.8. The van der Waals surface area contributed by atoms with Crippen molar-refractivity contribution in [1.29, 1.82) is 0 Å². The number of esters is 1. The summed E-state index contributed by atoms with van der Waals surface area (Å²) in [6, 6.07) is 18.5. The zero-order chi connectivity index (χ0) is 25.0. The highest BCUT2D eigenvalue weighted by molar-refractivity contribution is 6.30. The number of benzene rings is 3. The molecule has 34 heavy (non-hydrogen) atoms. The zero-order valence-electron chi connectivity index (χ0n) is 19.9. The lowest BCUT2D eigenvalue weighted by Gasteiger charge is -2.26. The average Bonchev–Trinajstić information content (AvgIpc) is 2.77. The number of allylic oxidation sites excluding steroid dienone is 1. The van der Waals surface area contributed by atoms with E-state index in [2.05, 4.69) is 0 Å². The Morgan fingerprint density at radius 2 is 1.71 bits per heavy atom. The monoisotopic (exact) mass is 479 g/mol. The van der Waals surface area contributed by atoms with E-state index in [-0.39, 0.29) is 17.6 Å². The molecule has 1 unspecified atom stereocenters. The van der Waals surface area contributed by atoms with Crippen LogP contribution in [0, 0.1) is 5.41 Å². The number of rotatable bonds is 7. The van der Waals surface area contributed by atoms with Crippen LogP contribution >= 0.6 is 11.6 Å². The molecule has 0 bridgehead atoms. The van der Waals surface area contributed by atoms with Crippen LogP contribution in [0.3, 0.4) is 0 Å². The normalized spacial score (nSPS) is 13.4. The number of halogens is 1. The fraction of sp³-hybridized carbons (Fsp3) is 0.286. The maximum atomic E-state index is 12.8. The predicted molar refractivity (Wildman–Crippen MR) is 136 cm³/mol. The third-order valence-corrected chi connectivity index (χ3v) is 5.72. The van der Waals surface area contributed by atoms with Crippen molar-refractivity contribution < 1.29 is 19.4 Å². The highest BCUT2D eigenvalue weighted by atomic mass is 35.5. The second-order valence-corrected chi connectivity index (χ2v) is 9.81. The standard InChI is InChI=1S/C28H30ClNO4/c1-5-34-27(33)24(26(30)32)23(16-28(2,3)4)20-14-13-18(29)15-22(20)25(31)21-12-8-10-17-9-6-7-11-19(17)21/h6-15,25,31H,5,16H2,1-4H3,(H2,30,32). The van der Waals surface area contributed by atoms with Gasteiger partial charge in [-0.25, -0.2) is 4.79 Å². The summed E-state index contributed by atoms with van der Waals surface area (Å²) in [6.07, 6.45) is -0.716. The van der Waals surface area contributed by atoms with Crippen LogP contribution < -0.4 is 5.73 Å². The van der Waals surface area contributed by atoms with E-state index < -0.39 is 18.0 Å². The van der Waals surface area contributed by atoms with Gasteiger partial charge in [0.2, 0.25) is 0 Å². The lowest BCUT2D eigenvalue weighted by molar-refractivity contribution is -0.139. The Bertz CT molecular complexity index is 1250. The minimum Gasteiger partial charge on any atom is -0.462 e. The van der Waals surface area contributed by atoms with Crippen LogP contribution in [0.15, 0.2) is 66.2 Å². The molecule has 0 aromatic heterocycles. The van der Waals surface area contributed by atoms with Crippen LogP contribution in [-0.4, -0.2) is 23.6 Å². The van der Waals surface area contributed by atoms with Crippen molar-refractivity contribution in [2.75, 3.05) is 6.61 Å². The average molecular weight is 480 g/mol. The third kappa shape index (κ3) is 5.66. The third-order valence-electron chi connectivity index (χ3n) is 5.49. The first-order valence-electron chi connectivity index (χ1n) is 11.2. The molecule has 0 fully saturated rings. The number of carbonyl (C=O) groups excluding carboxylic acids is 2. The molecule has 1 amide bonds. The van der Waals surface area contributed by atoms with E-state index in [1.165, 1.54) is 0 Å². The van der Waals surface area contributed by atoms with Gasteiger partial charge in [0.05, 0.1) is 6.61 Å². The number of hydrogen-bond donors (Lipinski definition) is 2. The Morgan fingerprint density at radius 3 is 2.35 bits per heavy atom. The molecule has 3 N–H and O–H groups in total. The van der Waals surface area contributed by atoms with Gasteiger partial charge in [-0.05, 0) is 63.9 Å². The van der Waals surface area contributed by atoms with E-state index in [0.29, 0.717) is 33.7 Å². The smallest absolute Gasteiger partial charge is 0.344 e. The molecule has 3 aromatic rings. The topological polar surface area (TPSA) is 89.6 Å². The number of fused-ring (bicyclic) bond motifs is 1. The molecule has 0 aliphatic heterocycles. The van der Waals surface area contributed by atoms with Crippen molar-refractivity contribution in [3.63, 3.8) is 0 Å². The quantitative estimate of drug-likeness (QED) is 0.193. The van der Waals surface area contributed by atoms with Crippen molar-refractivity contribution in [1.82, 2.24) is 0 Å². The molecular formula is C28H30ClNO4. The maximum Gasteiger partial charge on any atom is 0.344 e. The Balaban J connectivity index is 2.32. The summed E-state index contributed by atoms with van der Waals surface area (Å²) in [5.41, 5.74) is 7.28. The van der Waals surface area contributed by atoms with Crippen LogP contribution in [0.2, 0.25) is 5.02 Å². The molecule has 0 heterocycles. The second kappa shape index (κ2) is 10.4. The van der Waals surface area contributed by atoms with E-state index >= 15 is 0 Å². The van der Waals surface area contributed by atoms with Crippen LogP contribution in [0.4, 0.5) is 0 Å². The summed E-state index contributed by atoms with van der Waals surface area (Å²) in [4.78, 5) is 25.3. The van der Waals surface area contributed by atoms with Crippen molar-refractivity contribution >= 4 is 39.8 Å². The van der Waals surface area contributed by atoms with Gasteiger partial charge in [-0.1, -0.05) is 80.9 Å². The summed E-state index contributed by atoms with van der Waals surface area (Å²) in [5, 5.41) is 13.9. The van der Waals surface area contributed by atoms with Crippen molar-refractivity contribution in [2.24, 2.45) is 11.1 Å². The van der Waals surface area contributed by atoms with Crippen molar-refractivity contribution in [3.05, 3.63) is 87.9 Å². The van der Waals surface area contributed by atoms with Crippen LogP contribution in [0.1, 0.15) is 56.9 Å². The number of nitrogens with two attached hydrogens (primary N) is 1. The van der Waals surface area contributed by atoms with E-state index in [1.54, 1.807) is 25.1 Å². The molecule has 0 spiro atoms. The van der Waals surface area contributed by atoms with E-state index in [0.717, 1.165) is 10.8 Å². The van der Waals surface area contributed by atoms with Gasteiger partial charge >= 0.3 is 5.97 Å². The SMILES string of the molecule is CCOC(=O)C(C(N)=O)=C(CC(C)(C)C)c1ccc(Cl)cc1C(O)c1cccc2ccccc12. The number of amides is 1. The Morgan fingerprint density at radius 1 is 1.03 bits per heavy atom. The van der Waals surface area contributed by atoms with E-state index in [4.69, 9.17) is 22.1 Å². The lowest BCUT2D eigenvalue weighted by Crippen LogP contribution is -2.25. The van der Waals surface area contributed by atoms with Gasteiger partial charge in [-0.2, -0.15) is 0 Å². The Labute approximate surface area is 205 Å². The fourth-order valence-electron chi connectivity index (χ4n) is 4.12. The number of aliphatic hydroxyl groups is 1. The van der Waals surface area contributed by atoms with Crippen molar-refractivity contribution in [2.45, 2.75) is 40.2 Å². The van der Waals surface area contributed by atoms with Gasteiger partial charge in [0.1, 0.15) is 11.7 Å². The number of aliphatic hydroxyl groups excluding tert-OH is 1. The summed E-state index contributed by atoms with van der Waals surface area (Å²) < 4.78 is 5.16. The van der Waals surface area contributed by atoms with Gasteiger partial charge in [-0.3, -0.25) is 4.79 Å². The molecule has 3 rings (SSSR count). The van der Waals surface area contributed by atoms with Gasteiger partial charge in [0.25, 0.3) is 5.91 Å². The fourth-order valence-corrected chi connectivity index (χ4v) is 4.30. The minimum atomic E-state index is -1.06. The molecule has 5 nitrogen and oxygen atoms in total. The van der Waals surface area contributed by atoms with Crippen LogP contribution in [-0.2, 0) is 14.3 Å². The van der Waals surface area contributed by atoms with Gasteiger partial charge in [0.15, 0.2) is 0 Å². The van der Waals surface area contributed by atoms with Gasteiger partial charge in [0, 0.05) is 5.02 Å². The highest BCUT2D eigenvalue weighted by Crippen LogP contribution is 2.40. The van der Waals surface area contributed by atoms with Gasteiger partial charge < -0.3 is 15.6 Å². The molecular weight excluding hydrogens is 450 g/mol.